The van der Waals surface area contributed by atoms with E-state index >= 15 is 4.39 Å². The van der Waals surface area contributed by atoms with Crippen molar-refractivity contribution in [1.29, 1.82) is 0 Å². The molecule has 3 aromatic rings. The molecule has 3 saturated heterocycles. The van der Waals surface area contributed by atoms with Gasteiger partial charge in [-0.2, -0.15) is 9.97 Å². The molecule has 6 rings (SSSR count). The Morgan fingerprint density at radius 2 is 2.00 bits per heavy atom. The van der Waals surface area contributed by atoms with Crippen LogP contribution in [0.5, 0.6) is 6.01 Å². The molecule has 3 aliphatic heterocycles. The van der Waals surface area contributed by atoms with Crippen molar-refractivity contribution < 1.29 is 9.13 Å². The highest BCUT2D eigenvalue weighted by molar-refractivity contribution is 5.84. The number of methoxy groups -OCH3 is 1. The molecule has 0 radical (unpaired) electrons. The lowest BCUT2D eigenvalue weighted by molar-refractivity contribution is 0.0870. The minimum absolute atomic E-state index is 0.165. The Labute approximate surface area is 187 Å². The van der Waals surface area contributed by atoms with Crippen LogP contribution in [0.1, 0.15) is 49.6 Å². The van der Waals surface area contributed by atoms with E-state index in [4.69, 9.17) is 10.5 Å². The molecule has 8 heteroatoms. The first-order valence-corrected chi connectivity index (χ1v) is 11.2. The monoisotopic (exact) mass is 436 g/mol. The van der Waals surface area contributed by atoms with E-state index in [1.165, 1.54) is 33.0 Å². The second-order valence-corrected chi connectivity index (χ2v) is 9.14. The summed E-state index contributed by atoms with van der Waals surface area (Å²) in [5, 5.41) is 0. The number of aromatic nitrogens is 4. The fraction of sp³-hybridized carbons (Fsp3) is 0.458. The Bertz CT molecular complexity index is 1190. The Kier molecular flexibility index (Phi) is 5.33. The molecule has 168 valence electrons. The molecule has 0 amide bonds. The Morgan fingerprint density at radius 1 is 1.22 bits per heavy atom. The molecule has 1 aromatic carbocycles. The second kappa shape index (κ2) is 8.16. The number of halogens is 1. The molecule has 0 saturated carbocycles. The van der Waals surface area contributed by atoms with E-state index in [1.807, 2.05) is 30.6 Å². The van der Waals surface area contributed by atoms with E-state index in [9.17, 15) is 0 Å². The number of nitrogens with two attached hydrogens (primary N) is 1. The van der Waals surface area contributed by atoms with E-state index < -0.39 is 0 Å². The van der Waals surface area contributed by atoms with Crippen molar-refractivity contribution in [1.82, 2.24) is 24.4 Å². The molecule has 2 bridgehead atoms. The van der Waals surface area contributed by atoms with Crippen LogP contribution in [-0.2, 0) is 6.54 Å². The van der Waals surface area contributed by atoms with Crippen molar-refractivity contribution in [3.63, 3.8) is 0 Å². The van der Waals surface area contributed by atoms with Gasteiger partial charge in [-0.25, -0.2) is 9.37 Å². The Hall–Kier alpha value is -3.00. The first kappa shape index (κ1) is 20.9. The summed E-state index contributed by atoms with van der Waals surface area (Å²) in [6.45, 7) is 7.66. The second-order valence-electron chi connectivity index (χ2n) is 9.14. The number of anilines is 1. The molecule has 0 aliphatic carbocycles. The van der Waals surface area contributed by atoms with Gasteiger partial charge in [0, 0.05) is 12.1 Å². The zero-order valence-corrected chi connectivity index (χ0v) is 18.8. The van der Waals surface area contributed by atoms with Crippen LogP contribution in [0.25, 0.3) is 17.2 Å². The van der Waals surface area contributed by atoms with Gasteiger partial charge in [0.05, 0.1) is 13.7 Å². The number of hydrogen-bond acceptors (Lipinski definition) is 6. The Balaban J connectivity index is 1.52. The lowest BCUT2D eigenvalue weighted by Gasteiger charge is -2.45. The molecular formula is C24H29FN6O. The maximum absolute atomic E-state index is 15.3. The summed E-state index contributed by atoms with van der Waals surface area (Å²) in [6, 6.07) is 5.89. The number of nitrogens with zero attached hydrogens (tertiary/aromatic N) is 5. The van der Waals surface area contributed by atoms with E-state index in [-0.39, 0.29) is 17.6 Å². The summed E-state index contributed by atoms with van der Waals surface area (Å²) in [5.74, 6) is 1.80. The normalized spacial score (nSPS) is 22.3. The molecule has 1 unspecified atom stereocenters. The summed E-state index contributed by atoms with van der Waals surface area (Å²) in [5.41, 5.74) is 9.88. The summed E-state index contributed by atoms with van der Waals surface area (Å²) in [4.78, 5) is 15.7. The highest BCUT2D eigenvalue weighted by atomic mass is 19.1. The number of nitrogen functional groups attached to an aromatic ring is 1. The zero-order chi connectivity index (χ0) is 22.4. The zero-order valence-electron chi connectivity index (χ0n) is 18.8. The topological polar surface area (TPSA) is 82.1 Å². The molecule has 7 nitrogen and oxygen atoms in total. The highest BCUT2D eigenvalue weighted by Gasteiger charge is 2.35. The van der Waals surface area contributed by atoms with Gasteiger partial charge in [0.15, 0.2) is 17.0 Å². The fourth-order valence-electron chi connectivity index (χ4n) is 5.07. The van der Waals surface area contributed by atoms with Gasteiger partial charge in [-0.05, 0) is 69.3 Å². The van der Waals surface area contributed by atoms with Crippen LogP contribution in [0.3, 0.4) is 0 Å². The largest absolute Gasteiger partial charge is 0.467 e. The molecule has 2 N–H and O–H groups in total. The molecule has 1 atom stereocenters. The smallest absolute Gasteiger partial charge is 0.320 e. The molecule has 2 aromatic heterocycles. The molecule has 5 heterocycles. The van der Waals surface area contributed by atoms with Crippen LogP contribution in [0, 0.1) is 11.7 Å². The van der Waals surface area contributed by atoms with Crippen molar-refractivity contribution in [3.8, 4) is 6.01 Å². The summed E-state index contributed by atoms with van der Waals surface area (Å²) in [7, 11) is 1.49. The first-order valence-electron chi connectivity index (χ1n) is 11.2. The van der Waals surface area contributed by atoms with E-state index in [2.05, 4.69) is 25.9 Å². The van der Waals surface area contributed by atoms with Gasteiger partial charge in [-0.3, -0.25) is 0 Å². The van der Waals surface area contributed by atoms with Gasteiger partial charge < -0.3 is 19.9 Å². The first-order chi connectivity index (χ1) is 15.4. The van der Waals surface area contributed by atoms with Crippen LogP contribution >= 0.6 is 0 Å². The fourth-order valence-corrected chi connectivity index (χ4v) is 5.07. The van der Waals surface area contributed by atoms with Crippen LogP contribution in [0.15, 0.2) is 23.8 Å². The molecule has 3 aliphatic rings. The van der Waals surface area contributed by atoms with Gasteiger partial charge in [-0.1, -0.05) is 17.7 Å². The average Bonchev–Trinajstić information content (AvgIpc) is 3.12. The maximum atomic E-state index is 15.3. The van der Waals surface area contributed by atoms with Crippen LogP contribution in [0.4, 0.5) is 10.2 Å². The van der Waals surface area contributed by atoms with E-state index in [1.54, 1.807) is 6.07 Å². The number of imidazole rings is 1. The number of allylic oxidation sites excluding steroid dienone is 1. The average molecular weight is 437 g/mol. The van der Waals surface area contributed by atoms with E-state index in [0.717, 1.165) is 17.7 Å². The summed E-state index contributed by atoms with van der Waals surface area (Å²) >= 11 is 0. The minimum atomic E-state index is -0.196. The summed E-state index contributed by atoms with van der Waals surface area (Å²) < 4.78 is 22.4. The van der Waals surface area contributed by atoms with Crippen LogP contribution in [-0.4, -0.2) is 51.2 Å². The molecule has 3 fully saturated rings. The van der Waals surface area contributed by atoms with Crippen molar-refractivity contribution in [2.45, 2.75) is 39.2 Å². The van der Waals surface area contributed by atoms with Crippen molar-refractivity contribution >= 4 is 23.1 Å². The highest BCUT2D eigenvalue weighted by Crippen LogP contribution is 2.39. The van der Waals surface area contributed by atoms with Gasteiger partial charge >= 0.3 is 6.01 Å². The van der Waals surface area contributed by atoms with Crippen LogP contribution < -0.4 is 10.5 Å². The standard InChI is InChI=1S/C24H29FN6O/c1-14(2)10-20-27-21-22(26)28-24(32-3)29-23(21)31(20)12-17-5-4-16(11-19(17)25)18-13-30-8-6-15(18)7-9-30/h4-5,10-11,15,18H,6-9,12-13H2,1-3H3,(H2,26,28,29). The van der Waals surface area contributed by atoms with E-state index in [0.29, 0.717) is 40.9 Å². The van der Waals surface area contributed by atoms with Crippen LogP contribution in [0.2, 0.25) is 0 Å². The third-order valence-electron chi connectivity index (χ3n) is 6.72. The predicted octanol–water partition coefficient (Wildman–Crippen LogP) is 3.84. The van der Waals surface area contributed by atoms with Crippen molar-refractivity contribution in [3.05, 3.63) is 46.5 Å². The lowest BCUT2D eigenvalue weighted by Crippen LogP contribution is -2.46. The number of benzene rings is 1. The number of rotatable bonds is 5. The summed E-state index contributed by atoms with van der Waals surface area (Å²) in [6.07, 6.45) is 4.36. The van der Waals surface area contributed by atoms with Crippen molar-refractivity contribution in [2.75, 3.05) is 32.5 Å². The SMILES string of the molecule is COc1nc(N)c2nc(C=C(C)C)n(Cc3ccc(C4CN5CCC4CC5)cc3F)c2n1. The number of fused-ring (bicyclic) bond motifs is 4. The predicted molar refractivity (Wildman–Crippen MR) is 123 cm³/mol. The van der Waals surface area contributed by atoms with Crippen molar-refractivity contribution in [2.24, 2.45) is 5.92 Å². The van der Waals surface area contributed by atoms with Gasteiger partial charge in [0.2, 0.25) is 0 Å². The van der Waals surface area contributed by atoms with Gasteiger partial charge in [0.1, 0.15) is 11.6 Å². The third-order valence-corrected chi connectivity index (χ3v) is 6.72. The molecular weight excluding hydrogens is 407 g/mol. The third kappa shape index (κ3) is 3.72. The number of hydrogen-bond donors (Lipinski definition) is 1. The van der Waals surface area contributed by atoms with Gasteiger partial charge in [0.25, 0.3) is 0 Å². The minimum Gasteiger partial charge on any atom is -0.467 e. The Morgan fingerprint density at radius 3 is 2.62 bits per heavy atom. The maximum Gasteiger partial charge on any atom is 0.320 e. The van der Waals surface area contributed by atoms with Gasteiger partial charge in [-0.15, -0.1) is 0 Å². The quantitative estimate of drug-likeness (QED) is 0.655. The lowest BCUT2D eigenvalue weighted by atomic mass is 9.75. The number of piperidine rings is 3. The molecule has 32 heavy (non-hydrogen) atoms. The molecule has 0 spiro atoms. The number of ether oxygens (including phenoxy) is 1.